The second kappa shape index (κ2) is 6.03. The minimum Gasteiger partial charge on any atom is -0.497 e. The molecule has 0 radical (unpaired) electrons. The minimum absolute atomic E-state index is 0.0286. The average molecular weight is 374 g/mol. The predicted octanol–water partition coefficient (Wildman–Crippen LogP) is 3.71. The maximum absolute atomic E-state index is 13.1. The van der Waals surface area contributed by atoms with Crippen LogP contribution in [0.1, 0.15) is 5.56 Å². The lowest BCUT2D eigenvalue weighted by atomic mass is 10.2. The summed E-state index contributed by atoms with van der Waals surface area (Å²) >= 11 is 3.06. The quantitative estimate of drug-likeness (QED) is 0.888. The summed E-state index contributed by atoms with van der Waals surface area (Å²) in [6, 6.07) is 8.40. The second-order valence-corrected chi connectivity index (χ2v) is 6.87. The minimum atomic E-state index is -3.81. The number of rotatable bonds is 4. The maximum Gasteiger partial charge on any atom is 0.263 e. The van der Waals surface area contributed by atoms with Crippen LogP contribution in [-0.4, -0.2) is 15.5 Å². The van der Waals surface area contributed by atoms with Crippen LogP contribution in [0.2, 0.25) is 0 Å². The average Bonchev–Trinajstić information content (AvgIpc) is 2.40. The predicted molar refractivity (Wildman–Crippen MR) is 82.6 cm³/mol. The lowest BCUT2D eigenvalue weighted by Crippen LogP contribution is -2.14. The highest BCUT2D eigenvalue weighted by atomic mass is 79.9. The molecule has 0 saturated heterocycles. The molecule has 0 saturated carbocycles. The summed E-state index contributed by atoms with van der Waals surface area (Å²) in [6.45, 7) is 1.76. The molecule has 2 rings (SSSR count). The van der Waals surface area contributed by atoms with Gasteiger partial charge in [0.15, 0.2) is 0 Å². The molecule has 0 unspecified atom stereocenters. The second-order valence-electron chi connectivity index (χ2n) is 4.36. The van der Waals surface area contributed by atoms with Crippen molar-refractivity contribution in [3.63, 3.8) is 0 Å². The van der Waals surface area contributed by atoms with E-state index in [9.17, 15) is 12.8 Å². The number of sulfonamides is 1. The molecule has 0 aromatic heterocycles. The first-order chi connectivity index (χ1) is 9.83. The van der Waals surface area contributed by atoms with Crippen molar-refractivity contribution in [3.8, 4) is 5.75 Å². The molecule has 1 N–H and O–H groups in total. The lowest BCUT2D eigenvalue weighted by Gasteiger charge is -2.12. The summed E-state index contributed by atoms with van der Waals surface area (Å²) in [5, 5.41) is 0. The molecule has 0 amide bonds. The Bertz CT molecular complexity index is 778. The molecule has 0 aliphatic heterocycles. The number of nitrogens with one attached hydrogen (secondary N) is 1. The zero-order valence-corrected chi connectivity index (χ0v) is 13.8. The SMILES string of the molecule is COc1ccc(NS(=O)(=O)c2ccc(F)cc2Br)c(C)c1. The Balaban J connectivity index is 2.37. The number of aryl methyl sites for hydroxylation is 1. The van der Waals surface area contributed by atoms with Crippen LogP contribution in [0.4, 0.5) is 10.1 Å². The molecule has 0 fully saturated rings. The zero-order chi connectivity index (χ0) is 15.6. The van der Waals surface area contributed by atoms with Gasteiger partial charge in [-0.3, -0.25) is 4.72 Å². The molecule has 0 spiro atoms. The molecule has 112 valence electrons. The van der Waals surface area contributed by atoms with Gasteiger partial charge in [-0.05, 0) is 64.8 Å². The molecule has 0 atom stereocenters. The molecule has 0 heterocycles. The van der Waals surface area contributed by atoms with Gasteiger partial charge < -0.3 is 4.74 Å². The van der Waals surface area contributed by atoms with E-state index in [4.69, 9.17) is 4.74 Å². The largest absolute Gasteiger partial charge is 0.497 e. The smallest absolute Gasteiger partial charge is 0.263 e. The number of hydrogen-bond donors (Lipinski definition) is 1. The molecule has 7 heteroatoms. The molecule has 2 aromatic carbocycles. The van der Waals surface area contributed by atoms with Crippen LogP contribution in [0.5, 0.6) is 5.75 Å². The van der Waals surface area contributed by atoms with Crippen LogP contribution in [0.3, 0.4) is 0 Å². The third-order valence-electron chi connectivity index (χ3n) is 2.86. The van der Waals surface area contributed by atoms with Gasteiger partial charge in [0.05, 0.1) is 12.8 Å². The van der Waals surface area contributed by atoms with Crippen LogP contribution < -0.4 is 9.46 Å². The van der Waals surface area contributed by atoms with E-state index in [0.29, 0.717) is 11.4 Å². The standard InChI is InChI=1S/C14H13BrFNO3S/c1-9-7-11(20-2)4-5-13(9)17-21(18,19)14-6-3-10(16)8-12(14)15/h3-8,17H,1-2H3. The van der Waals surface area contributed by atoms with Crippen molar-refractivity contribution in [1.29, 1.82) is 0 Å². The Labute approximate surface area is 131 Å². The van der Waals surface area contributed by atoms with Crippen molar-refractivity contribution < 1.29 is 17.5 Å². The number of halogens is 2. The van der Waals surface area contributed by atoms with Gasteiger partial charge in [0.25, 0.3) is 10.0 Å². The number of benzene rings is 2. The first-order valence-electron chi connectivity index (χ1n) is 5.96. The molecule has 2 aromatic rings. The highest BCUT2D eigenvalue weighted by Crippen LogP contribution is 2.27. The van der Waals surface area contributed by atoms with Crippen LogP contribution in [0.15, 0.2) is 45.8 Å². The number of methoxy groups -OCH3 is 1. The highest BCUT2D eigenvalue weighted by Gasteiger charge is 2.19. The van der Waals surface area contributed by atoms with Gasteiger partial charge in [0.1, 0.15) is 16.5 Å². The number of ether oxygens (including phenoxy) is 1. The number of hydrogen-bond acceptors (Lipinski definition) is 3. The lowest BCUT2D eigenvalue weighted by molar-refractivity contribution is 0.414. The van der Waals surface area contributed by atoms with Crippen LogP contribution >= 0.6 is 15.9 Å². The fourth-order valence-corrected chi connectivity index (χ4v) is 3.95. The molecule has 0 aliphatic carbocycles. The van der Waals surface area contributed by atoms with Crippen molar-refractivity contribution in [2.45, 2.75) is 11.8 Å². The van der Waals surface area contributed by atoms with Gasteiger partial charge in [0, 0.05) is 4.47 Å². The first-order valence-corrected chi connectivity index (χ1v) is 8.23. The van der Waals surface area contributed by atoms with Gasteiger partial charge in [-0.25, -0.2) is 12.8 Å². The third-order valence-corrected chi connectivity index (χ3v) is 5.20. The molecule has 0 aliphatic rings. The van der Waals surface area contributed by atoms with Gasteiger partial charge >= 0.3 is 0 Å². The van der Waals surface area contributed by atoms with E-state index in [1.165, 1.54) is 13.2 Å². The summed E-state index contributed by atoms with van der Waals surface area (Å²) in [5.74, 6) is 0.125. The van der Waals surface area contributed by atoms with Gasteiger partial charge in [0.2, 0.25) is 0 Å². The van der Waals surface area contributed by atoms with Crippen molar-refractivity contribution in [3.05, 3.63) is 52.3 Å². The monoisotopic (exact) mass is 373 g/mol. The third kappa shape index (κ3) is 3.54. The van der Waals surface area contributed by atoms with Crippen molar-refractivity contribution in [1.82, 2.24) is 0 Å². The summed E-state index contributed by atoms with van der Waals surface area (Å²) < 4.78 is 45.5. The van der Waals surface area contributed by atoms with E-state index in [1.54, 1.807) is 25.1 Å². The zero-order valence-electron chi connectivity index (χ0n) is 11.4. The molecule has 0 bridgehead atoms. The van der Waals surface area contributed by atoms with E-state index in [1.807, 2.05) is 0 Å². The maximum atomic E-state index is 13.1. The van der Waals surface area contributed by atoms with Crippen LogP contribution in [0.25, 0.3) is 0 Å². The Morgan fingerprint density at radius 1 is 1.19 bits per heavy atom. The van der Waals surface area contributed by atoms with Gasteiger partial charge in [-0.2, -0.15) is 0 Å². The Kier molecular flexibility index (Phi) is 4.53. The Morgan fingerprint density at radius 2 is 1.90 bits per heavy atom. The first kappa shape index (κ1) is 15.8. The van der Waals surface area contributed by atoms with Crippen LogP contribution in [0, 0.1) is 12.7 Å². The van der Waals surface area contributed by atoms with Crippen molar-refractivity contribution in [2.24, 2.45) is 0 Å². The molecule has 4 nitrogen and oxygen atoms in total. The fourth-order valence-electron chi connectivity index (χ4n) is 1.77. The van der Waals surface area contributed by atoms with E-state index < -0.39 is 15.8 Å². The Hall–Kier alpha value is -1.60. The number of anilines is 1. The summed E-state index contributed by atoms with van der Waals surface area (Å²) in [4.78, 5) is -0.0286. The van der Waals surface area contributed by atoms with Crippen LogP contribution in [-0.2, 0) is 10.0 Å². The van der Waals surface area contributed by atoms with E-state index in [2.05, 4.69) is 20.7 Å². The summed E-state index contributed by atoms with van der Waals surface area (Å²) in [7, 11) is -2.27. The van der Waals surface area contributed by atoms with Crippen molar-refractivity contribution in [2.75, 3.05) is 11.8 Å². The molecular weight excluding hydrogens is 361 g/mol. The normalized spacial score (nSPS) is 11.2. The highest BCUT2D eigenvalue weighted by molar-refractivity contribution is 9.10. The van der Waals surface area contributed by atoms with E-state index in [0.717, 1.165) is 17.7 Å². The van der Waals surface area contributed by atoms with Gasteiger partial charge in [-0.15, -0.1) is 0 Å². The Morgan fingerprint density at radius 3 is 2.48 bits per heavy atom. The van der Waals surface area contributed by atoms with E-state index >= 15 is 0 Å². The van der Waals surface area contributed by atoms with Gasteiger partial charge in [-0.1, -0.05) is 0 Å². The van der Waals surface area contributed by atoms with Crippen molar-refractivity contribution >= 4 is 31.6 Å². The molecular formula is C14H13BrFNO3S. The van der Waals surface area contributed by atoms with E-state index in [-0.39, 0.29) is 9.37 Å². The summed E-state index contributed by atoms with van der Waals surface area (Å²) in [6.07, 6.45) is 0. The summed E-state index contributed by atoms with van der Waals surface area (Å²) in [5.41, 5.74) is 1.16. The fraction of sp³-hybridized carbons (Fsp3) is 0.143. The molecule has 21 heavy (non-hydrogen) atoms. The topological polar surface area (TPSA) is 55.4 Å².